The second kappa shape index (κ2) is 6.44. The second-order valence-corrected chi connectivity index (χ2v) is 5.19. The average Bonchev–Trinajstić information content (AvgIpc) is 2.86. The Morgan fingerprint density at radius 2 is 2.24 bits per heavy atom. The summed E-state index contributed by atoms with van der Waals surface area (Å²) in [5, 5.41) is 27.1. The first kappa shape index (κ1) is 15.1. The molecule has 0 aliphatic rings. The van der Waals surface area contributed by atoms with Crippen molar-refractivity contribution in [3.8, 4) is 0 Å². The number of nitro groups is 1. The molecule has 0 atom stereocenters. The van der Waals surface area contributed by atoms with Crippen LogP contribution < -0.4 is 0 Å². The van der Waals surface area contributed by atoms with Crippen LogP contribution in [-0.2, 0) is 17.8 Å². The van der Waals surface area contributed by atoms with Crippen LogP contribution in [0.15, 0.2) is 28.9 Å². The van der Waals surface area contributed by atoms with E-state index in [0.29, 0.717) is 23.1 Å². The van der Waals surface area contributed by atoms with Gasteiger partial charge in [-0.1, -0.05) is 21.1 Å². The highest BCUT2D eigenvalue weighted by Crippen LogP contribution is 2.23. The fourth-order valence-electron chi connectivity index (χ4n) is 1.72. The van der Waals surface area contributed by atoms with Crippen LogP contribution in [0, 0.1) is 10.1 Å². The van der Waals surface area contributed by atoms with Gasteiger partial charge in [0.1, 0.15) is 0 Å². The lowest BCUT2D eigenvalue weighted by atomic mass is 10.2. The molecule has 0 saturated heterocycles. The van der Waals surface area contributed by atoms with E-state index < -0.39 is 10.9 Å². The van der Waals surface area contributed by atoms with Gasteiger partial charge in [-0.15, -0.1) is 5.10 Å². The third-order valence-electron chi connectivity index (χ3n) is 2.76. The van der Waals surface area contributed by atoms with Gasteiger partial charge in [0.15, 0.2) is 0 Å². The van der Waals surface area contributed by atoms with Crippen molar-refractivity contribution in [3.63, 3.8) is 0 Å². The molecule has 0 saturated carbocycles. The summed E-state index contributed by atoms with van der Waals surface area (Å²) < 4.78 is 2.17. The predicted octanol–water partition coefficient (Wildman–Crippen LogP) is 2.01. The molecule has 0 bridgehead atoms. The summed E-state index contributed by atoms with van der Waals surface area (Å²) in [5.41, 5.74) is 1.41. The van der Waals surface area contributed by atoms with E-state index in [4.69, 9.17) is 5.11 Å². The Kier molecular flexibility index (Phi) is 4.63. The van der Waals surface area contributed by atoms with Gasteiger partial charge in [-0.2, -0.15) is 0 Å². The van der Waals surface area contributed by atoms with E-state index in [9.17, 15) is 14.9 Å². The van der Waals surface area contributed by atoms with E-state index in [2.05, 4.69) is 26.2 Å². The molecule has 2 rings (SSSR count). The quantitative estimate of drug-likeness (QED) is 0.627. The van der Waals surface area contributed by atoms with Crippen LogP contribution in [0.2, 0.25) is 0 Å². The van der Waals surface area contributed by atoms with E-state index >= 15 is 0 Å². The number of aryl methyl sites for hydroxylation is 1. The lowest BCUT2D eigenvalue weighted by Gasteiger charge is -2.03. The van der Waals surface area contributed by atoms with Gasteiger partial charge in [0, 0.05) is 29.2 Å². The highest BCUT2D eigenvalue weighted by atomic mass is 79.9. The van der Waals surface area contributed by atoms with E-state index in [0.717, 1.165) is 5.56 Å². The first-order chi connectivity index (χ1) is 9.95. The zero-order valence-electron chi connectivity index (χ0n) is 10.8. The van der Waals surface area contributed by atoms with E-state index in [1.807, 2.05) is 0 Å². The monoisotopic (exact) mass is 354 g/mol. The minimum absolute atomic E-state index is 0.0000799. The molecule has 0 amide bonds. The summed E-state index contributed by atoms with van der Waals surface area (Å²) in [6.45, 7) is 0.388. The molecular formula is C12H11BrN4O4. The molecule has 0 aliphatic heterocycles. The van der Waals surface area contributed by atoms with Gasteiger partial charge in [-0.05, 0) is 11.6 Å². The number of hydrogen-bond donors (Lipinski definition) is 1. The Hall–Kier alpha value is -2.29. The van der Waals surface area contributed by atoms with Crippen molar-refractivity contribution in [2.75, 3.05) is 0 Å². The van der Waals surface area contributed by atoms with Crippen LogP contribution in [0.5, 0.6) is 0 Å². The predicted molar refractivity (Wildman–Crippen MR) is 75.9 cm³/mol. The number of hydrogen-bond acceptors (Lipinski definition) is 5. The lowest BCUT2D eigenvalue weighted by Crippen LogP contribution is -2.02. The van der Waals surface area contributed by atoms with Gasteiger partial charge in [0.25, 0.3) is 5.69 Å². The summed E-state index contributed by atoms with van der Waals surface area (Å²) in [6, 6.07) is 4.49. The Morgan fingerprint density at radius 3 is 2.86 bits per heavy atom. The summed E-state index contributed by atoms with van der Waals surface area (Å²) in [5.74, 6) is -0.886. The second-order valence-electron chi connectivity index (χ2n) is 4.33. The van der Waals surface area contributed by atoms with Gasteiger partial charge >= 0.3 is 5.97 Å². The molecule has 9 heteroatoms. The third kappa shape index (κ3) is 4.09. The Morgan fingerprint density at radius 1 is 1.48 bits per heavy atom. The summed E-state index contributed by atoms with van der Waals surface area (Å²) in [7, 11) is 0. The third-order valence-corrected chi connectivity index (χ3v) is 3.50. The number of carboxylic acids is 1. The molecule has 0 aliphatic carbocycles. The molecule has 0 spiro atoms. The summed E-state index contributed by atoms with van der Waals surface area (Å²) >= 11 is 3.29. The Labute approximate surface area is 127 Å². The van der Waals surface area contributed by atoms with Crippen LogP contribution in [-0.4, -0.2) is 31.0 Å². The Balaban J connectivity index is 2.08. The molecule has 0 radical (unpaired) electrons. The molecule has 1 N–H and O–H groups in total. The first-order valence-corrected chi connectivity index (χ1v) is 6.78. The lowest BCUT2D eigenvalue weighted by molar-refractivity contribution is -0.384. The fraction of sp³-hybridized carbons (Fsp3) is 0.250. The van der Waals surface area contributed by atoms with Crippen LogP contribution in [0.3, 0.4) is 0 Å². The number of aromatic nitrogens is 3. The van der Waals surface area contributed by atoms with Gasteiger partial charge in [-0.25, -0.2) is 4.68 Å². The van der Waals surface area contributed by atoms with Gasteiger partial charge < -0.3 is 5.11 Å². The zero-order valence-corrected chi connectivity index (χ0v) is 12.4. The van der Waals surface area contributed by atoms with Crippen molar-refractivity contribution in [2.45, 2.75) is 19.4 Å². The number of carbonyl (C=O) groups is 1. The van der Waals surface area contributed by atoms with Crippen molar-refractivity contribution in [1.29, 1.82) is 0 Å². The standard InChI is InChI=1S/C12H11BrN4O4/c13-11-5-10(17(20)21)3-1-8(11)6-16-7-9(14-15-16)2-4-12(18)19/h1,3,5,7H,2,4,6H2,(H,18,19). The molecule has 0 fully saturated rings. The largest absolute Gasteiger partial charge is 0.481 e. The van der Waals surface area contributed by atoms with Gasteiger partial charge in [-0.3, -0.25) is 14.9 Å². The van der Waals surface area contributed by atoms with Crippen LogP contribution in [0.4, 0.5) is 5.69 Å². The molecule has 0 unspecified atom stereocenters. The van der Waals surface area contributed by atoms with Gasteiger partial charge in [0.05, 0.1) is 23.6 Å². The van der Waals surface area contributed by atoms with Crippen molar-refractivity contribution in [3.05, 3.63) is 50.2 Å². The van der Waals surface area contributed by atoms with Crippen LogP contribution >= 0.6 is 15.9 Å². The van der Waals surface area contributed by atoms with Crippen LogP contribution in [0.25, 0.3) is 0 Å². The maximum Gasteiger partial charge on any atom is 0.303 e. The topological polar surface area (TPSA) is 111 Å². The molecule has 110 valence electrons. The zero-order chi connectivity index (χ0) is 15.4. The number of benzene rings is 1. The minimum Gasteiger partial charge on any atom is -0.481 e. The number of rotatable bonds is 6. The maximum atomic E-state index is 10.7. The fourth-order valence-corrected chi connectivity index (χ4v) is 2.21. The SMILES string of the molecule is O=C(O)CCc1cn(Cc2ccc([N+](=O)[O-])cc2Br)nn1. The Bertz CT molecular complexity index is 686. The highest BCUT2D eigenvalue weighted by molar-refractivity contribution is 9.10. The number of aliphatic carboxylic acids is 1. The highest BCUT2D eigenvalue weighted by Gasteiger charge is 2.10. The molecule has 1 aromatic carbocycles. The van der Waals surface area contributed by atoms with Crippen molar-refractivity contribution in [1.82, 2.24) is 15.0 Å². The van der Waals surface area contributed by atoms with Gasteiger partial charge in [0.2, 0.25) is 0 Å². The van der Waals surface area contributed by atoms with Crippen molar-refractivity contribution < 1.29 is 14.8 Å². The molecule has 8 nitrogen and oxygen atoms in total. The van der Waals surface area contributed by atoms with Crippen LogP contribution in [0.1, 0.15) is 17.7 Å². The summed E-state index contributed by atoms with van der Waals surface area (Å²) in [6.07, 6.45) is 1.98. The number of carboxylic acid groups (broad SMARTS) is 1. The molecule has 1 heterocycles. The maximum absolute atomic E-state index is 10.7. The smallest absolute Gasteiger partial charge is 0.303 e. The molecule has 2 aromatic rings. The molecule has 1 aromatic heterocycles. The molecular weight excluding hydrogens is 344 g/mol. The molecule has 21 heavy (non-hydrogen) atoms. The average molecular weight is 355 g/mol. The van der Waals surface area contributed by atoms with E-state index in [-0.39, 0.29) is 12.1 Å². The number of halogens is 1. The number of nitro benzene ring substituents is 1. The van der Waals surface area contributed by atoms with Crippen molar-refractivity contribution in [2.24, 2.45) is 0 Å². The first-order valence-electron chi connectivity index (χ1n) is 5.99. The normalized spacial score (nSPS) is 10.5. The number of non-ortho nitro benzene ring substituents is 1. The van der Waals surface area contributed by atoms with Crippen molar-refractivity contribution >= 4 is 27.6 Å². The number of nitrogens with zero attached hydrogens (tertiary/aromatic N) is 4. The van der Waals surface area contributed by atoms with E-state index in [1.165, 1.54) is 12.1 Å². The minimum atomic E-state index is -0.886. The summed E-state index contributed by atoms with van der Waals surface area (Å²) in [4.78, 5) is 20.7. The van der Waals surface area contributed by atoms with E-state index in [1.54, 1.807) is 16.9 Å².